The molecule has 0 saturated heterocycles. The number of carbonyl (C=O) groups excluding carboxylic acids is 1. The molecular formula is C9H11F5O4. The van der Waals surface area contributed by atoms with Gasteiger partial charge in [0.15, 0.2) is 0 Å². The first-order chi connectivity index (χ1) is 7.97. The van der Waals surface area contributed by atoms with Gasteiger partial charge in [-0.3, -0.25) is 0 Å². The van der Waals surface area contributed by atoms with Crippen molar-refractivity contribution in [1.82, 2.24) is 0 Å². The van der Waals surface area contributed by atoms with E-state index in [2.05, 4.69) is 16.1 Å². The summed E-state index contributed by atoms with van der Waals surface area (Å²) in [5.41, 5.74) is 0. The lowest BCUT2D eigenvalue weighted by Gasteiger charge is -2.27. The molecule has 1 unspecified atom stereocenters. The average Bonchev–Trinajstić information content (AvgIpc) is 2.25. The number of hydrogen-bond donors (Lipinski definition) is 1. The number of hydrogen-bond acceptors (Lipinski definition) is 4. The van der Waals surface area contributed by atoms with Gasteiger partial charge in [0, 0.05) is 26.0 Å². The molecule has 18 heavy (non-hydrogen) atoms. The van der Waals surface area contributed by atoms with Crippen LogP contribution in [0.25, 0.3) is 0 Å². The number of carbonyl (C=O) groups is 1. The quantitative estimate of drug-likeness (QED) is 0.349. The smallest absolute Gasteiger partial charge is 0.405 e. The van der Waals surface area contributed by atoms with E-state index in [4.69, 9.17) is 0 Å². The summed E-state index contributed by atoms with van der Waals surface area (Å²) in [5.74, 6) is -9.12. The lowest BCUT2D eigenvalue weighted by molar-refractivity contribution is -0.346. The van der Waals surface area contributed by atoms with E-state index in [1.165, 1.54) is 0 Å². The number of alkyl halides is 5. The van der Waals surface area contributed by atoms with Crippen molar-refractivity contribution in [3.8, 4) is 0 Å². The molecule has 0 aliphatic carbocycles. The highest BCUT2D eigenvalue weighted by atomic mass is 19.4. The SMILES string of the molecule is C=CC(=O)OC(O)(CCC(F)(F)C(F)(F)F)OC. The van der Waals surface area contributed by atoms with Crippen LogP contribution < -0.4 is 0 Å². The molecule has 0 aromatic heterocycles. The van der Waals surface area contributed by atoms with Crippen molar-refractivity contribution in [2.45, 2.75) is 30.9 Å². The number of aliphatic hydroxyl groups is 1. The maximum Gasteiger partial charge on any atom is 0.453 e. The first kappa shape index (κ1) is 16.8. The van der Waals surface area contributed by atoms with E-state index >= 15 is 0 Å². The number of methoxy groups -OCH3 is 1. The minimum atomic E-state index is -5.76. The van der Waals surface area contributed by atoms with Crippen LogP contribution in [0.4, 0.5) is 22.0 Å². The molecule has 0 fully saturated rings. The van der Waals surface area contributed by atoms with Crippen LogP contribution >= 0.6 is 0 Å². The fourth-order valence-corrected chi connectivity index (χ4v) is 0.850. The molecule has 9 heteroatoms. The molecule has 0 rings (SSSR count). The van der Waals surface area contributed by atoms with Gasteiger partial charge in [-0.05, 0) is 0 Å². The van der Waals surface area contributed by atoms with Crippen molar-refractivity contribution in [1.29, 1.82) is 0 Å². The third-order valence-electron chi connectivity index (χ3n) is 1.92. The second-order valence-corrected chi connectivity index (χ2v) is 3.24. The van der Waals surface area contributed by atoms with Crippen LogP contribution in [-0.4, -0.2) is 36.3 Å². The normalized spacial score (nSPS) is 15.9. The highest BCUT2D eigenvalue weighted by Crippen LogP contribution is 2.40. The Kier molecular flexibility index (Phi) is 5.23. The van der Waals surface area contributed by atoms with Crippen LogP contribution in [0.5, 0.6) is 0 Å². The molecule has 1 N–H and O–H groups in total. The third kappa shape index (κ3) is 4.57. The summed E-state index contributed by atoms with van der Waals surface area (Å²) >= 11 is 0. The Hall–Kier alpha value is -1.22. The van der Waals surface area contributed by atoms with Crippen molar-refractivity contribution in [2.24, 2.45) is 0 Å². The lowest BCUT2D eigenvalue weighted by Crippen LogP contribution is -2.42. The topological polar surface area (TPSA) is 55.8 Å². The maximum absolute atomic E-state index is 12.6. The van der Waals surface area contributed by atoms with Gasteiger partial charge in [0.25, 0.3) is 0 Å². The summed E-state index contributed by atoms with van der Waals surface area (Å²) in [6.07, 6.45) is -8.23. The Morgan fingerprint density at radius 2 is 1.78 bits per heavy atom. The third-order valence-corrected chi connectivity index (χ3v) is 1.92. The Balaban J connectivity index is 4.65. The molecule has 0 saturated carbocycles. The number of rotatable bonds is 6. The van der Waals surface area contributed by atoms with E-state index in [1.54, 1.807) is 0 Å². The molecular weight excluding hydrogens is 267 g/mol. The number of halogens is 5. The molecule has 0 aromatic rings. The van der Waals surface area contributed by atoms with E-state index in [-0.39, 0.29) is 0 Å². The van der Waals surface area contributed by atoms with Gasteiger partial charge in [-0.15, -0.1) is 0 Å². The van der Waals surface area contributed by atoms with Crippen molar-refractivity contribution in [3.63, 3.8) is 0 Å². The molecule has 4 nitrogen and oxygen atoms in total. The molecule has 0 aliphatic rings. The van der Waals surface area contributed by atoms with Gasteiger partial charge < -0.3 is 14.6 Å². The van der Waals surface area contributed by atoms with Crippen LogP contribution in [0.1, 0.15) is 12.8 Å². The first-order valence-corrected chi connectivity index (χ1v) is 4.55. The van der Waals surface area contributed by atoms with Crippen molar-refractivity contribution < 1.29 is 41.3 Å². The van der Waals surface area contributed by atoms with Crippen LogP contribution in [-0.2, 0) is 14.3 Å². The molecule has 0 spiro atoms. The van der Waals surface area contributed by atoms with Gasteiger partial charge in [-0.25, -0.2) is 4.79 Å². The van der Waals surface area contributed by atoms with Gasteiger partial charge in [0.2, 0.25) is 0 Å². The fraction of sp³-hybridized carbons (Fsp3) is 0.667. The Morgan fingerprint density at radius 3 is 2.11 bits per heavy atom. The average molecular weight is 278 g/mol. The minimum absolute atomic E-state index is 0.589. The molecule has 0 radical (unpaired) electrons. The van der Waals surface area contributed by atoms with Crippen molar-refractivity contribution in [2.75, 3.05) is 7.11 Å². The standard InChI is InChI=1S/C9H11F5O4/c1-3-6(15)18-8(16,17-2)5-4-7(10,11)9(12,13)14/h3,16H,1,4-5H2,2H3. The minimum Gasteiger partial charge on any atom is -0.405 e. The Morgan fingerprint density at radius 1 is 1.28 bits per heavy atom. The van der Waals surface area contributed by atoms with Crippen LogP contribution in [0.3, 0.4) is 0 Å². The Bertz CT molecular complexity index is 315. The second-order valence-electron chi connectivity index (χ2n) is 3.24. The zero-order valence-corrected chi connectivity index (χ0v) is 9.26. The largest absolute Gasteiger partial charge is 0.453 e. The molecule has 0 aliphatic heterocycles. The molecule has 0 heterocycles. The summed E-state index contributed by atoms with van der Waals surface area (Å²) in [4.78, 5) is 10.7. The summed E-state index contributed by atoms with van der Waals surface area (Å²) < 4.78 is 69.0. The van der Waals surface area contributed by atoms with Crippen molar-refractivity contribution >= 4 is 5.97 Å². The molecule has 106 valence electrons. The molecule has 0 bridgehead atoms. The zero-order valence-electron chi connectivity index (χ0n) is 9.26. The summed E-state index contributed by atoms with van der Waals surface area (Å²) in [6.45, 7) is 2.96. The van der Waals surface area contributed by atoms with E-state index in [9.17, 15) is 31.9 Å². The van der Waals surface area contributed by atoms with E-state index in [1.807, 2.05) is 0 Å². The van der Waals surface area contributed by atoms with E-state index in [0.29, 0.717) is 6.08 Å². The predicted octanol–water partition coefficient (Wildman–Crippen LogP) is 1.99. The van der Waals surface area contributed by atoms with Crippen LogP contribution in [0.2, 0.25) is 0 Å². The van der Waals surface area contributed by atoms with Gasteiger partial charge in [0.1, 0.15) is 0 Å². The van der Waals surface area contributed by atoms with E-state index in [0.717, 1.165) is 7.11 Å². The monoisotopic (exact) mass is 278 g/mol. The van der Waals surface area contributed by atoms with Crippen LogP contribution in [0, 0.1) is 0 Å². The highest BCUT2D eigenvalue weighted by Gasteiger charge is 2.58. The fourth-order valence-electron chi connectivity index (χ4n) is 0.850. The molecule has 0 aromatic carbocycles. The summed E-state index contributed by atoms with van der Waals surface area (Å²) in [6, 6.07) is 0. The molecule has 1 atom stereocenters. The van der Waals surface area contributed by atoms with Gasteiger partial charge in [-0.1, -0.05) is 6.58 Å². The first-order valence-electron chi connectivity index (χ1n) is 4.55. The van der Waals surface area contributed by atoms with Crippen molar-refractivity contribution in [3.05, 3.63) is 12.7 Å². The van der Waals surface area contributed by atoms with Crippen LogP contribution in [0.15, 0.2) is 12.7 Å². The Labute approximate surface area is 99.0 Å². The number of ether oxygens (including phenoxy) is 2. The van der Waals surface area contributed by atoms with Gasteiger partial charge in [-0.2, -0.15) is 22.0 Å². The van der Waals surface area contributed by atoms with Gasteiger partial charge >= 0.3 is 24.0 Å². The number of esters is 1. The summed E-state index contributed by atoms with van der Waals surface area (Å²) in [5, 5.41) is 9.34. The zero-order chi connectivity index (χ0) is 14.6. The predicted molar refractivity (Wildman–Crippen MR) is 48.5 cm³/mol. The second kappa shape index (κ2) is 5.61. The summed E-state index contributed by atoms with van der Waals surface area (Å²) in [7, 11) is 0.780. The highest BCUT2D eigenvalue weighted by molar-refractivity contribution is 5.81. The lowest BCUT2D eigenvalue weighted by atomic mass is 10.1. The van der Waals surface area contributed by atoms with Gasteiger partial charge in [0.05, 0.1) is 0 Å². The maximum atomic E-state index is 12.6. The molecule has 0 amide bonds. The van der Waals surface area contributed by atoms with E-state index < -0.39 is 36.9 Å².